The Morgan fingerprint density at radius 1 is 1.24 bits per heavy atom. The van der Waals surface area contributed by atoms with E-state index in [2.05, 4.69) is 30.8 Å². The molecule has 0 bridgehead atoms. The molecule has 1 aliphatic carbocycles. The van der Waals surface area contributed by atoms with Crippen molar-refractivity contribution >= 4 is 0 Å². The maximum Gasteiger partial charge on any atom is 0.387 e. The summed E-state index contributed by atoms with van der Waals surface area (Å²) in [4.78, 5) is 0. The summed E-state index contributed by atoms with van der Waals surface area (Å²) in [6.07, 6.45) is 3.67. The quantitative estimate of drug-likeness (QED) is 0.858. The fraction of sp³-hybridized carbons (Fsp3) is 0.647. The van der Waals surface area contributed by atoms with Crippen LogP contribution in [0, 0.1) is 11.3 Å². The maximum absolute atomic E-state index is 12.1. The van der Waals surface area contributed by atoms with Crippen LogP contribution in [0.15, 0.2) is 24.3 Å². The van der Waals surface area contributed by atoms with Crippen molar-refractivity contribution in [2.24, 2.45) is 11.3 Å². The van der Waals surface area contributed by atoms with E-state index < -0.39 is 6.61 Å². The van der Waals surface area contributed by atoms with Crippen molar-refractivity contribution in [2.45, 2.75) is 59.2 Å². The lowest BCUT2D eigenvalue weighted by Crippen LogP contribution is -2.39. The zero-order valence-electron chi connectivity index (χ0n) is 13.0. The van der Waals surface area contributed by atoms with Crippen LogP contribution in [0.1, 0.15) is 45.6 Å². The molecule has 1 saturated carbocycles. The van der Waals surface area contributed by atoms with Crippen LogP contribution in [0.2, 0.25) is 0 Å². The third-order valence-corrected chi connectivity index (χ3v) is 4.13. The summed E-state index contributed by atoms with van der Waals surface area (Å²) >= 11 is 0. The first-order chi connectivity index (χ1) is 9.84. The van der Waals surface area contributed by atoms with Crippen molar-refractivity contribution < 1.29 is 13.5 Å². The molecule has 1 aromatic rings. The highest BCUT2D eigenvalue weighted by atomic mass is 19.3. The summed E-state index contributed by atoms with van der Waals surface area (Å²) in [7, 11) is 0. The van der Waals surface area contributed by atoms with Gasteiger partial charge in [-0.15, -0.1) is 0 Å². The molecule has 0 saturated heterocycles. The van der Waals surface area contributed by atoms with E-state index in [-0.39, 0.29) is 5.75 Å². The van der Waals surface area contributed by atoms with Crippen molar-refractivity contribution in [3.05, 3.63) is 29.8 Å². The minimum absolute atomic E-state index is 0.209. The van der Waals surface area contributed by atoms with Gasteiger partial charge in [-0.1, -0.05) is 32.9 Å². The second-order valence-corrected chi connectivity index (χ2v) is 7.01. The predicted molar refractivity (Wildman–Crippen MR) is 80.5 cm³/mol. The molecule has 21 heavy (non-hydrogen) atoms. The summed E-state index contributed by atoms with van der Waals surface area (Å²) in [5.41, 5.74) is 1.48. The van der Waals surface area contributed by atoms with E-state index in [1.54, 1.807) is 12.1 Å². The number of rotatable bonds is 5. The van der Waals surface area contributed by atoms with Gasteiger partial charge in [-0.3, -0.25) is 0 Å². The normalized spacial score (nSPS) is 25.0. The molecule has 1 fully saturated rings. The Kier molecular flexibility index (Phi) is 5.20. The van der Waals surface area contributed by atoms with Crippen LogP contribution < -0.4 is 10.1 Å². The van der Waals surface area contributed by atoms with Gasteiger partial charge < -0.3 is 10.1 Å². The summed E-state index contributed by atoms with van der Waals surface area (Å²) < 4.78 is 28.5. The number of hydrogen-bond acceptors (Lipinski definition) is 2. The Morgan fingerprint density at radius 3 is 2.48 bits per heavy atom. The Balaban J connectivity index is 1.85. The third kappa shape index (κ3) is 5.27. The molecule has 1 aromatic carbocycles. The smallest absolute Gasteiger partial charge is 0.387 e. The standard InChI is InChI=1S/C17H25F2NO/c1-12-8-14(10-17(2,3)9-12)20-11-13-4-6-15(7-5-13)21-16(18)19/h4-7,12,14,16,20H,8-11H2,1-3H3. The molecule has 2 rings (SSSR count). The molecular formula is C17H25F2NO. The van der Waals surface area contributed by atoms with Gasteiger partial charge in [-0.2, -0.15) is 8.78 Å². The summed E-state index contributed by atoms with van der Waals surface area (Å²) in [5.74, 6) is 0.953. The fourth-order valence-corrected chi connectivity index (χ4v) is 3.55. The molecule has 0 heterocycles. The maximum atomic E-state index is 12.1. The van der Waals surface area contributed by atoms with E-state index in [1.165, 1.54) is 19.3 Å². The second kappa shape index (κ2) is 6.73. The highest BCUT2D eigenvalue weighted by molar-refractivity contribution is 5.27. The third-order valence-electron chi connectivity index (χ3n) is 4.13. The average Bonchev–Trinajstić information content (AvgIpc) is 2.35. The number of benzene rings is 1. The molecule has 4 heteroatoms. The van der Waals surface area contributed by atoms with Crippen LogP contribution >= 0.6 is 0 Å². The number of halogens is 2. The lowest BCUT2D eigenvalue weighted by atomic mass is 9.70. The molecule has 0 radical (unpaired) electrons. The lowest BCUT2D eigenvalue weighted by Gasteiger charge is -2.39. The molecule has 2 unspecified atom stereocenters. The molecule has 2 nitrogen and oxygen atoms in total. The monoisotopic (exact) mass is 297 g/mol. The van der Waals surface area contributed by atoms with E-state index in [0.29, 0.717) is 11.5 Å². The summed E-state index contributed by atoms with van der Waals surface area (Å²) in [6, 6.07) is 7.39. The van der Waals surface area contributed by atoms with Crippen LogP contribution in [-0.4, -0.2) is 12.7 Å². The Hall–Kier alpha value is -1.16. The van der Waals surface area contributed by atoms with Crippen LogP contribution in [0.25, 0.3) is 0 Å². The number of ether oxygens (including phenoxy) is 1. The van der Waals surface area contributed by atoms with Crippen LogP contribution in [0.4, 0.5) is 8.78 Å². The topological polar surface area (TPSA) is 21.3 Å². The number of hydrogen-bond donors (Lipinski definition) is 1. The zero-order valence-corrected chi connectivity index (χ0v) is 13.0. The molecule has 0 spiro atoms. The molecule has 2 atom stereocenters. The summed E-state index contributed by atoms with van der Waals surface area (Å²) in [5, 5.41) is 3.60. The van der Waals surface area contributed by atoms with Gasteiger partial charge in [0, 0.05) is 12.6 Å². The van der Waals surface area contributed by atoms with Gasteiger partial charge in [0.2, 0.25) is 0 Å². The highest BCUT2D eigenvalue weighted by Crippen LogP contribution is 2.38. The first kappa shape index (κ1) is 16.2. The summed E-state index contributed by atoms with van der Waals surface area (Å²) in [6.45, 7) is 4.97. The van der Waals surface area contributed by atoms with E-state index in [4.69, 9.17) is 0 Å². The largest absolute Gasteiger partial charge is 0.435 e. The van der Waals surface area contributed by atoms with Gasteiger partial charge in [-0.25, -0.2) is 0 Å². The van der Waals surface area contributed by atoms with Crippen molar-refractivity contribution in [1.82, 2.24) is 5.32 Å². The molecule has 118 valence electrons. The molecular weight excluding hydrogens is 272 g/mol. The van der Waals surface area contributed by atoms with Gasteiger partial charge >= 0.3 is 6.61 Å². The molecule has 0 amide bonds. The van der Waals surface area contributed by atoms with Crippen LogP contribution in [0.5, 0.6) is 5.75 Å². The first-order valence-corrected chi connectivity index (χ1v) is 7.61. The van der Waals surface area contributed by atoms with E-state index >= 15 is 0 Å². The van der Waals surface area contributed by atoms with Crippen molar-refractivity contribution in [3.8, 4) is 5.75 Å². The van der Waals surface area contributed by atoms with Crippen LogP contribution in [-0.2, 0) is 6.54 Å². The van der Waals surface area contributed by atoms with Crippen molar-refractivity contribution in [2.75, 3.05) is 0 Å². The second-order valence-electron chi connectivity index (χ2n) is 7.01. The van der Waals surface area contributed by atoms with Gasteiger partial charge in [0.05, 0.1) is 0 Å². The molecule has 1 N–H and O–H groups in total. The van der Waals surface area contributed by atoms with E-state index in [9.17, 15) is 8.78 Å². The fourth-order valence-electron chi connectivity index (χ4n) is 3.55. The Morgan fingerprint density at radius 2 is 1.90 bits per heavy atom. The van der Waals surface area contributed by atoms with Gasteiger partial charge in [0.15, 0.2) is 0 Å². The SMILES string of the molecule is CC1CC(NCc2ccc(OC(F)F)cc2)CC(C)(C)C1. The Labute approximate surface area is 125 Å². The van der Waals surface area contributed by atoms with Crippen molar-refractivity contribution in [3.63, 3.8) is 0 Å². The van der Waals surface area contributed by atoms with Crippen molar-refractivity contribution in [1.29, 1.82) is 0 Å². The minimum Gasteiger partial charge on any atom is -0.435 e. The number of nitrogens with one attached hydrogen (secondary N) is 1. The molecule has 0 aromatic heterocycles. The van der Waals surface area contributed by atoms with Gasteiger partial charge in [0.1, 0.15) is 5.75 Å². The average molecular weight is 297 g/mol. The van der Waals surface area contributed by atoms with Crippen LogP contribution in [0.3, 0.4) is 0 Å². The first-order valence-electron chi connectivity index (χ1n) is 7.61. The predicted octanol–water partition coefficient (Wildman–Crippen LogP) is 4.59. The van der Waals surface area contributed by atoms with Gasteiger partial charge in [-0.05, 0) is 48.3 Å². The Bertz CT molecular complexity index is 445. The lowest BCUT2D eigenvalue weighted by molar-refractivity contribution is -0.0498. The van der Waals surface area contributed by atoms with Gasteiger partial charge in [0.25, 0.3) is 0 Å². The highest BCUT2D eigenvalue weighted by Gasteiger charge is 2.31. The molecule has 1 aliphatic rings. The number of alkyl halides is 2. The minimum atomic E-state index is -2.76. The van der Waals surface area contributed by atoms with E-state index in [1.807, 2.05) is 12.1 Å². The zero-order chi connectivity index (χ0) is 15.5. The van der Waals surface area contributed by atoms with E-state index in [0.717, 1.165) is 18.0 Å². The molecule has 0 aliphatic heterocycles.